The predicted molar refractivity (Wildman–Crippen MR) is 76.0 cm³/mol. The van der Waals surface area contributed by atoms with Crippen molar-refractivity contribution in [3.63, 3.8) is 0 Å². The average molecular weight is 310 g/mol. The Labute approximate surface area is 120 Å². The van der Waals surface area contributed by atoms with Crippen LogP contribution in [0.4, 0.5) is 5.82 Å². The highest BCUT2D eigenvalue weighted by molar-refractivity contribution is 7.50. The average Bonchev–Trinajstić information content (AvgIpc) is 3.02. The molecule has 5 N–H and O–H groups in total. The molecular formula is C11H15N6O3P. The van der Waals surface area contributed by atoms with Crippen molar-refractivity contribution in [3.05, 3.63) is 24.8 Å². The zero-order valence-electron chi connectivity index (χ0n) is 11.0. The van der Waals surface area contributed by atoms with E-state index in [4.69, 9.17) is 20.7 Å². The van der Waals surface area contributed by atoms with Crippen molar-refractivity contribution < 1.29 is 14.0 Å². The molecule has 3 atom stereocenters. The van der Waals surface area contributed by atoms with Crippen molar-refractivity contribution in [2.75, 3.05) is 12.3 Å². The second-order valence-corrected chi connectivity index (χ2v) is 6.28. The highest BCUT2D eigenvalue weighted by atomic mass is 31.2. The maximum Gasteiger partial charge on any atom is 0.400 e. The Bertz CT molecular complexity index is 739. The number of hydrogen-bond donors (Lipinski definition) is 3. The summed E-state index contributed by atoms with van der Waals surface area (Å²) in [6.45, 7) is 0.0982. The van der Waals surface area contributed by atoms with Gasteiger partial charge in [0, 0.05) is 5.92 Å². The maximum absolute atomic E-state index is 10.9. The van der Waals surface area contributed by atoms with Gasteiger partial charge in [0.25, 0.3) is 0 Å². The van der Waals surface area contributed by atoms with E-state index < -0.39 is 7.75 Å². The minimum Gasteiger partial charge on any atom is -0.382 e. The first-order chi connectivity index (χ1) is 9.94. The van der Waals surface area contributed by atoms with Gasteiger partial charge >= 0.3 is 7.75 Å². The van der Waals surface area contributed by atoms with Gasteiger partial charge in [-0.25, -0.2) is 25.0 Å². The van der Waals surface area contributed by atoms with Crippen LogP contribution in [0.1, 0.15) is 12.5 Å². The number of nitrogens with two attached hydrogens (primary N) is 2. The number of imidazole rings is 1. The summed E-state index contributed by atoms with van der Waals surface area (Å²) in [5, 5.41) is 0. The fourth-order valence-corrected chi connectivity index (χ4v) is 2.80. The molecule has 9 nitrogen and oxygen atoms in total. The molecule has 0 bridgehead atoms. The molecule has 112 valence electrons. The Hall–Kier alpha value is -1.80. The van der Waals surface area contributed by atoms with Crippen molar-refractivity contribution in [3.8, 4) is 0 Å². The topological polar surface area (TPSA) is 142 Å². The van der Waals surface area contributed by atoms with Gasteiger partial charge in [-0.15, -0.1) is 0 Å². The molecule has 2 aromatic rings. The number of aromatic nitrogens is 4. The quantitative estimate of drug-likeness (QED) is 0.550. The summed E-state index contributed by atoms with van der Waals surface area (Å²) < 4.78 is 17.6. The number of hydrogen-bond acceptors (Lipinski definition) is 6. The normalized spacial score (nSPS) is 24.5. The molecule has 0 radical (unpaired) electrons. The lowest BCUT2D eigenvalue weighted by Gasteiger charge is -2.14. The number of nitrogen functional groups attached to an aromatic ring is 1. The molecule has 10 heteroatoms. The summed E-state index contributed by atoms with van der Waals surface area (Å²) in [5.74, 6) is 0.348. The Morgan fingerprint density at radius 2 is 2.24 bits per heavy atom. The second kappa shape index (κ2) is 5.19. The van der Waals surface area contributed by atoms with E-state index in [9.17, 15) is 4.57 Å². The first-order valence-corrected chi connectivity index (χ1v) is 7.96. The van der Waals surface area contributed by atoms with E-state index in [1.165, 1.54) is 6.33 Å². The number of fused-ring (bicyclic) bond motifs is 1. The van der Waals surface area contributed by atoms with Crippen LogP contribution in [0, 0.1) is 5.92 Å². The van der Waals surface area contributed by atoms with Gasteiger partial charge in [0.1, 0.15) is 11.8 Å². The van der Waals surface area contributed by atoms with E-state index >= 15 is 0 Å². The van der Waals surface area contributed by atoms with E-state index in [1.807, 2.05) is 16.7 Å². The van der Waals surface area contributed by atoms with Crippen LogP contribution in [0.2, 0.25) is 0 Å². The summed E-state index contributed by atoms with van der Waals surface area (Å²) in [4.78, 5) is 21.3. The zero-order chi connectivity index (χ0) is 15.0. The monoisotopic (exact) mass is 310 g/mol. The molecule has 1 unspecified atom stereocenters. The van der Waals surface area contributed by atoms with Gasteiger partial charge in [-0.2, -0.15) is 0 Å². The van der Waals surface area contributed by atoms with Crippen LogP contribution in [0.15, 0.2) is 24.8 Å². The molecule has 0 fully saturated rings. The molecular weight excluding hydrogens is 295 g/mol. The van der Waals surface area contributed by atoms with Crippen molar-refractivity contribution in [2.45, 2.75) is 12.5 Å². The van der Waals surface area contributed by atoms with Gasteiger partial charge < -0.3 is 15.2 Å². The molecule has 3 rings (SSSR count). The maximum atomic E-state index is 10.9. The summed E-state index contributed by atoms with van der Waals surface area (Å²) in [7, 11) is -3.93. The molecule has 21 heavy (non-hydrogen) atoms. The zero-order valence-corrected chi connectivity index (χ0v) is 11.9. The lowest BCUT2D eigenvalue weighted by Crippen LogP contribution is -2.11. The van der Waals surface area contributed by atoms with Crippen molar-refractivity contribution in [2.24, 2.45) is 11.4 Å². The standard InChI is InChI=1S/C11H15N6O3P/c12-10-9-11(15-5-14-10)17(6-16-9)8-2-1-7(3-8)4-20-21(13,18)19/h1-2,5-8H,3-4H2,(H2,12,14,15)(H3,13,18,19)/t7-,8+/m0/s1. The molecule has 0 aromatic carbocycles. The fraction of sp³-hybridized carbons (Fsp3) is 0.364. The van der Waals surface area contributed by atoms with Crippen molar-refractivity contribution in [1.29, 1.82) is 0 Å². The molecule has 1 aliphatic rings. The first-order valence-electron chi connectivity index (χ1n) is 6.31. The van der Waals surface area contributed by atoms with Gasteiger partial charge in [-0.3, -0.25) is 4.52 Å². The third kappa shape index (κ3) is 2.96. The lowest BCUT2D eigenvalue weighted by molar-refractivity contribution is 0.228. The number of allylic oxidation sites excluding steroid dienone is 1. The minimum absolute atomic E-state index is 0.00987. The van der Waals surface area contributed by atoms with Crippen LogP contribution in [0.25, 0.3) is 11.2 Å². The van der Waals surface area contributed by atoms with Crippen LogP contribution in [0.5, 0.6) is 0 Å². The SMILES string of the molecule is Nc1ncnc2c1ncn2[C@@H]1C=C[C@H](COP(N)(=O)O)C1. The predicted octanol–water partition coefficient (Wildman–Crippen LogP) is 0.601. The summed E-state index contributed by atoms with van der Waals surface area (Å²) in [5.41, 5.74) is 11.9. The third-order valence-electron chi connectivity index (χ3n) is 3.37. The summed E-state index contributed by atoms with van der Waals surface area (Å²) >= 11 is 0. The molecule has 0 saturated carbocycles. The van der Waals surface area contributed by atoms with Crippen LogP contribution < -0.4 is 11.2 Å². The fourth-order valence-electron chi connectivity index (χ4n) is 2.40. The highest BCUT2D eigenvalue weighted by Crippen LogP contribution is 2.36. The van der Waals surface area contributed by atoms with Gasteiger partial charge in [-0.1, -0.05) is 12.2 Å². The van der Waals surface area contributed by atoms with Gasteiger partial charge in [0.2, 0.25) is 0 Å². The van der Waals surface area contributed by atoms with E-state index in [1.54, 1.807) is 6.33 Å². The van der Waals surface area contributed by atoms with E-state index in [2.05, 4.69) is 15.0 Å². The molecule has 2 heterocycles. The van der Waals surface area contributed by atoms with Gasteiger partial charge in [-0.05, 0) is 6.42 Å². The Morgan fingerprint density at radius 3 is 3.00 bits per heavy atom. The molecule has 0 spiro atoms. The van der Waals surface area contributed by atoms with Gasteiger partial charge in [0.05, 0.1) is 19.0 Å². The van der Waals surface area contributed by atoms with Crippen molar-refractivity contribution in [1.82, 2.24) is 19.5 Å². The highest BCUT2D eigenvalue weighted by Gasteiger charge is 2.24. The van der Waals surface area contributed by atoms with Gasteiger partial charge in [0.15, 0.2) is 11.5 Å². The first kappa shape index (κ1) is 14.2. The van der Waals surface area contributed by atoms with Crippen LogP contribution in [-0.4, -0.2) is 31.0 Å². The van der Waals surface area contributed by atoms with E-state index in [0.717, 1.165) is 0 Å². The molecule has 0 amide bonds. The van der Waals surface area contributed by atoms with Crippen molar-refractivity contribution >= 4 is 24.7 Å². The Kier molecular flexibility index (Phi) is 3.50. The number of rotatable bonds is 4. The smallest absolute Gasteiger partial charge is 0.382 e. The third-order valence-corrected chi connectivity index (χ3v) is 3.89. The summed E-state index contributed by atoms with van der Waals surface area (Å²) in [6.07, 6.45) is 7.66. The van der Waals surface area contributed by atoms with E-state index in [0.29, 0.717) is 23.4 Å². The number of nitrogens with zero attached hydrogens (tertiary/aromatic N) is 4. The Balaban J connectivity index is 1.75. The molecule has 1 aliphatic carbocycles. The van der Waals surface area contributed by atoms with Crippen LogP contribution >= 0.6 is 7.75 Å². The number of anilines is 1. The van der Waals surface area contributed by atoms with Crippen LogP contribution in [0.3, 0.4) is 0 Å². The Morgan fingerprint density at radius 1 is 1.43 bits per heavy atom. The largest absolute Gasteiger partial charge is 0.400 e. The molecule has 0 saturated heterocycles. The lowest BCUT2D eigenvalue weighted by atomic mass is 10.1. The second-order valence-electron chi connectivity index (χ2n) is 4.89. The molecule has 2 aromatic heterocycles. The minimum atomic E-state index is -3.93. The summed E-state index contributed by atoms with van der Waals surface area (Å²) in [6, 6.07) is 0.0359. The van der Waals surface area contributed by atoms with Crippen LogP contribution in [-0.2, 0) is 9.09 Å². The van der Waals surface area contributed by atoms with E-state index in [-0.39, 0.29) is 18.6 Å². The molecule has 0 aliphatic heterocycles.